The van der Waals surface area contributed by atoms with Crippen LogP contribution in [0.25, 0.3) is 11.4 Å². The maximum absolute atomic E-state index is 8.82. The number of methoxy groups -OCH3 is 1. The second kappa shape index (κ2) is 4.51. The highest BCUT2D eigenvalue weighted by Crippen LogP contribution is 2.30. The van der Waals surface area contributed by atoms with Gasteiger partial charge < -0.3 is 14.4 Å². The van der Waals surface area contributed by atoms with Crippen LogP contribution in [0.3, 0.4) is 0 Å². The van der Waals surface area contributed by atoms with Crippen molar-refractivity contribution in [2.24, 2.45) is 0 Å². The number of halogens is 1. The van der Waals surface area contributed by atoms with Crippen LogP contribution in [0.15, 0.2) is 22.7 Å². The minimum Gasteiger partial charge on any atom is -0.496 e. The molecule has 0 bridgehead atoms. The van der Waals surface area contributed by atoms with E-state index in [2.05, 4.69) is 10.1 Å². The molecule has 1 aromatic heterocycles. The highest BCUT2D eigenvalue weighted by atomic mass is 35.5. The first kappa shape index (κ1) is 10.9. The lowest BCUT2D eigenvalue weighted by molar-refractivity contribution is 0.222. The topological polar surface area (TPSA) is 68.4 Å². The van der Waals surface area contributed by atoms with Gasteiger partial charge in [-0.05, 0) is 18.2 Å². The van der Waals surface area contributed by atoms with E-state index in [1.165, 1.54) is 7.11 Å². The van der Waals surface area contributed by atoms with E-state index in [1.54, 1.807) is 18.2 Å². The summed E-state index contributed by atoms with van der Waals surface area (Å²) in [6.07, 6.45) is 0. The molecule has 0 atom stereocenters. The summed E-state index contributed by atoms with van der Waals surface area (Å²) in [5, 5.41) is 13.1. The van der Waals surface area contributed by atoms with Crippen LogP contribution < -0.4 is 4.74 Å². The highest BCUT2D eigenvalue weighted by Gasteiger charge is 2.12. The normalized spacial score (nSPS) is 10.4. The number of rotatable bonds is 3. The van der Waals surface area contributed by atoms with Gasteiger partial charge in [0.2, 0.25) is 5.82 Å². The van der Waals surface area contributed by atoms with Crippen LogP contribution in [0.1, 0.15) is 5.89 Å². The lowest BCUT2D eigenvalue weighted by atomic mass is 10.2. The van der Waals surface area contributed by atoms with Crippen molar-refractivity contribution < 1.29 is 14.4 Å². The van der Waals surface area contributed by atoms with Gasteiger partial charge in [0.25, 0.3) is 5.89 Å². The Kier molecular flexibility index (Phi) is 3.07. The number of aliphatic hydroxyl groups is 1. The van der Waals surface area contributed by atoms with E-state index in [4.69, 9.17) is 26.0 Å². The monoisotopic (exact) mass is 240 g/mol. The molecule has 0 aliphatic carbocycles. The second-order valence-electron chi connectivity index (χ2n) is 3.01. The Morgan fingerprint density at radius 2 is 2.31 bits per heavy atom. The molecule has 16 heavy (non-hydrogen) atoms. The molecule has 1 heterocycles. The largest absolute Gasteiger partial charge is 0.496 e. The fourth-order valence-corrected chi connectivity index (χ4v) is 1.44. The summed E-state index contributed by atoms with van der Waals surface area (Å²) in [6, 6.07) is 5.09. The van der Waals surface area contributed by atoms with E-state index in [1.807, 2.05) is 0 Å². The molecule has 0 saturated carbocycles. The maximum Gasteiger partial charge on any atom is 0.252 e. The lowest BCUT2D eigenvalue weighted by Crippen LogP contribution is -1.89. The van der Waals surface area contributed by atoms with Crippen LogP contribution in [0, 0.1) is 0 Å². The minimum atomic E-state index is -0.289. The van der Waals surface area contributed by atoms with Crippen molar-refractivity contribution in [3.63, 3.8) is 0 Å². The zero-order valence-corrected chi connectivity index (χ0v) is 9.23. The Morgan fingerprint density at radius 1 is 1.50 bits per heavy atom. The third-order valence-corrected chi connectivity index (χ3v) is 2.24. The van der Waals surface area contributed by atoms with Gasteiger partial charge in [0.1, 0.15) is 12.4 Å². The molecule has 0 saturated heterocycles. The van der Waals surface area contributed by atoms with Gasteiger partial charge in [-0.3, -0.25) is 0 Å². The van der Waals surface area contributed by atoms with E-state index >= 15 is 0 Å². The average molecular weight is 241 g/mol. The fraction of sp³-hybridized carbons (Fsp3) is 0.200. The fourth-order valence-electron chi connectivity index (χ4n) is 1.28. The van der Waals surface area contributed by atoms with E-state index in [0.717, 1.165) is 0 Å². The number of aromatic nitrogens is 2. The standard InChI is InChI=1S/C10H9ClN2O3/c1-15-8-4-6(11)2-3-7(8)10-12-9(5-14)16-13-10/h2-4,14H,5H2,1H3. The van der Waals surface area contributed by atoms with Crippen molar-refractivity contribution in [1.29, 1.82) is 0 Å². The second-order valence-corrected chi connectivity index (χ2v) is 3.45. The predicted octanol–water partition coefficient (Wildman–Crippen LogP) is 1.89. The molecule has 1 N–H and O–H groups in total. The molecule has 1 aromatic carbocycles. The Hall–Kier alpha value is -1.59. The number of nitrogens with zero attached hydrogens (tertiary/aromatic N) is 2. The number of benzene rings is 1. The van der Waals surface area contributed by atoms with Crippen molar-refractivity contribution in [3.05, 3.63) is 29.1 Å². The first-order valence-corrected chi connectivity index (χ1v) is 4.89. The van der Waals surface area contributed by atoms with Crippen molar-refractivity contribution in [2.45, 2.75) is 6.61 Å². The van der Waals surface area contributed by atoms with E-state index in [0.29, 0.717) is 22.2 Å². The number of ether oxygens (including phenoxy) is 1. The van der Waals surface area contributed by atoms with Gasteiger partial charge in [-0.15, -0.1) is 0 Å². The molecule has 0 aliphatic heterocycles. The van der Waals surface area contributed by atoms with Crippen molar-refractivity contribution in [3.8, 4) is 17.1 Å². The molecule has 0 spiro atoms. The first-order valence-electron chi connectivity index (χ1n) is 4.52. The predicted molar refractivity (Wildman–Crippen MR) is 57.2 cm³/mol. The molecular formula is C10H9ClN2O3. The zero-order chi connectivity index (χ0) is 11.5. The molecule has 0 fully saturated rings. The molecule has 0 radical (unpaired) electrons. The van der Waals surface area contributed by atoms with Crippen LogP contribution in [-0.2, 0) is 6.61 Å². The molecule has 0 unspecified atom stereocenters. The molecule has 2 rings (SSSR count). The molecule has 6 heteroatoms. The summed E-state index contributed by atoms with van der Waals surface area (Å²) in [4.78, 5) is 3.99. The molecule has 2 aromatic rings. The van der Waals surface area contributed by atoms with Crippen LogP contribution in [0.5, 0.6) is 5.75 Å². The Labute approximate surface area is 96.6 Å². The van der Waals surface area contributed by atoms with Crippen LogP contribution >= 0.6 is 11.6 Å². The average Bonchev–Trinajstić information content (AvgIpc) is 2.77. The van der Waals surface area contributed by atoms with Gasteiger partial charge >= 0.3 is 0 Å². The van der Waals surface area contributed by atoms with Crippen LogP contribution in [0.4, 0.5) is 0 Å². The van der Waals surface area contributed by atoms with Crippen molar-refractivity contribution >= 4 is 11.6 Å². The van der Waals surface area contributed by atoms with Gasteiger partial charge in [-0.2, -0.15) is 4.98 Å². The smallest absolute Gasteiger partial charge is 0.252 e. The third kappa shape index (κ3) is 2.00. The van der Waals surface area contributed by atoms with E-state index in [9.17, 15) is 0 Å². The Morgan fingerprint density at radius 3 is 2.94 bits per heavy atom. The molecule has 0 amide bonds. The van der Waals surface area contributed by atoms with Gasteiger partial charge in [-0.25, -0.2) is 0 Å². The minimum absolute atomic E-state index is 0.159. The summed E-state index contributed by atoms with van der Waals surface area (Å²) in [6.45, 7) is -0.289. The molecule has 84 valence electrons. The maximum atomic E-state index is 8.82. The summed E-state index contributed by atoms with van der Waals surface area (Å²) in [5.41, 5.74) is 0.662. The summed E-state index contributed by atoms with van der Waals surface area (Å²) < 4.78 is 9.95. The van der Waals surface area contributed by atoms with Crippen molar-refractivity contribution in [2.75, 3.05) is 7.11 Å². The lowest BCUT2D eigenvalue weighted by Gasteiger charge is -2.04. The number of hydrogen-bond donors (Lipinski definition) is 1. The molecular weight excluding hydrogens is 232 g/mol. The quantitative estimate of drug-likeness (QED) is 0.887. The van der Waals surface area contributed by atoms with Gasteiger partial charge in [0, 0.05) is 5.02 Å². The zero-order valence-electron chi connectivity index (χ0n) is 8.48. The SMILES string of the molecule is COc1cc(Cl)ccc1-c1noc(CO)n1. The van der Waals surface area contributed by atoms with Gasteiger partial charge in [0.15, 0.2) is 0 Å². The highest BCUT2D eigenvalue weighted by molar-refractivity contribution is 6.30. The first-order chi connectivity index (χ1) is 7.74. The van der Waals surface area contributed by atoms with E-state index < -0.39 is 0 Å². The van der Waals surface area contributed by atoms with Gasteiger partial charge in [0.05, 0.1) is 12.7 Å². The number of hydrogen-bond acceptors (Lipinski definition) is 5. The molecule has 0 aliphatic rings. The van der Waals surface area contributed by atoms with Crippen LogP contribution in [-0.4, -0.2) is 22.4 Å². The summed E-state index contributed by atoms with van der Waals surface area (Å²) in [5.74, 6) is 1.07. The Bertz CT molecular complexity index is 499. The van der Waals surface area contributed by atoms with Crippen LogP contribution in [0.2, 0.25) is 5.02 Å². The van der Waals surface area contributed by atoms with E-state index in [-0.39, 0.29) is 12.5 Å². The number of aliphatic hydroxyl groups excluding tert-OH is 1. The summed E-state index contributed by atoms with van der Waals surface area (Å²) >= 11 is 5.83. The van der Waals surface area contributed by atoms with Crippen molar-refractivity contribution in [1.82, 2.24) is 10.1 Å². The van der Waals surface area contributed by atoms with Gasteiger partial charge in [-0.1, -0.05) is 16.8 Å². The molecule has 5 nitrogen and oxygen atoms in total. The Balaban J connectivity index is 2.46. The summed E-state index contributed by atoms with van der Waals surface area (Å²) in [7, 11) is 1.53. The third-order valence-electron chi connectivity index (χ3n) is 2.01.